The Morgan fingerprint density at radius 1 is 1.30 bits per heavy atom. The lowest BCUT2D eigenvalue weighted by atomic mass is 10.0. The second kappa shape index (κ2) is 7.53. The van der Waals surface area contributed by atoms with E-state index in [1.54, 1.807) is 0 Å². The minimum absolute atomic E-state index is 0.549. The largest absolute Gasteiger partial charge is 0.491 e. The topological polar surface area (TPSA) is 24.5 Å². The third-order valence-electron chi connectivity index (χ3n) is 3.91. The van der Waals surface area contributed by atoms with Crippen molar-refractivity contribution in [2.24, 2.45) is 5.92 Å². The maximum atomic E-state index is 5.89. The van der Waals surface area contributed by atoms with Gasteiger partial charge in [0.15, 0.2) is 0 Å². The first-order chi connectivity index (χ1) is 9.66. The summed E-state index contributed by atoms with van der Waals surface area (Å²) in [6.07, 6.45) is 3.97. The number of likely N-dealkylation sites (N-methyl/N-ethyl adjacent to an activating group) is 1. The Morgan fingerprint density at radius 3 is 2.85 bits per heavy atom. The quantitative estimate of drug-likeness (QED) is 0.859. The van der Waals surface area contributed by atoms with E-state index < -0.39 is 0 Å². The highest BCUT2D eigenvalue weighted by molar-refractivity contribution is 5.56. The van der Waals surface area contributed by atoms with Crippen molar-refractivity contribution < 1.29 is 4.74 Å². The van der Waals surface area contributed by atoms with E-state index in [0.29, 0.717) is 12.0 Å². The van der Waals surface area contributed by atoms with Gasteiger partial charge in [0.1, 0.15) is 5.75 Å². The summed E-state index contributed by atoms with van der Waals surface area (Å²) in [4.78, 5) is 2.47. The Kier molecular flexibility index (Phi) is 5.72. The summed E-state index contributed by atoms with van der Waals surface area (Å²) in [7, 11) is 2.23. The van der Waals surface area contributed by atoms with Crippen LogP contribution in [0.2, 0.25) is 0 Å². The minimum Gasteiger partial charge on any atom is -0.491 e. The lowest BCUT2D eigenvalue weighted by molar-refractivity contribution is 0.194. The summed E-state index contributed by atoms with van der Waals surface area (Å²) >= 11 is 0. The number of nitrogens with one attached hydrogen (secondary N) is 1. The van der Waals surface area contributed by atoms with Gasteiger partial charge in [-0.1, -0.05) is 32.4 Å². The van der Waals surface area contributed by atoms with Crippen molar-refractivity contribution in [3.8, 4) is 5.75 Å². The van der Waals surface area contributed by atoms with Gasteiger partial charge in [0.05, 0.1) is 12.3 Å². The Balaban J connectivity index is 1.91. The average Bonchev–Trinajstić information content (AvgIpc) is 2.45. The van der Waals surface area contributed by atoms with Gasteiger partial charge < -0.3 is 15.0 Å². The molecule has 2 rings (SSSR count). The van der Waals surface area contributed by atoms with E-state index in [9.17, 15) is 0 Å². The first-order valence-corrected chi connectivity index (χ1v) is 7.82. The molecule has 0 radical (unpaired) electrons. The molecule has 112 valence electrons. The van der Waals surface area contributed by atoms with Crippen LogP contribution < -0.4 is 10.1 Å². The molecule has 0 amide bonds. The molecule has 0 spiro atoms. The highest BCUT2D eigenvalue weighted by atomic mass is 16.5. The van der Waals surface area contributed by atoms with Crippen LogP contribution in [0.3, 0.4) is 0 Å². The molecule has 1 heterocycles. The van der Waals surface area contributed by atoms with Crippen LogP contribution in [0.5, 0.6) is 5.75 Å². The van der Waals surface area contributed by atoms with Crippen molar-refractivity contribution >= 4 is 5.69 Å². The summed E-state index contributed by atoms with van der Waals surface area (Å²) in [6.45, 7) is 7.33. The van der Waals surface area contributed by atoms with Gasteiger partial charge >= 0.3 is 0 Å². The standard InChI is InChI=1S/C17H28N2O/c1-14(2)13-20-17-10-5-4-9-16(17)18-12-15-8-6-7-11-19(15)3/h4-5,9-10,14-15,18H,6-8,11-13H2,1-3H3. The van der Waals surface area contributed by atoms with Crippen LogP contribution in [-0.2, 0) is 0 Å². The highest BCUT2D eigenvalue weighted by Crippen LogP contribution is 2.25. The molecule has 3 nitrogen and oxygen atoms in total. The van der Waals surface area contributed by atoms with Crippen LogP contribution in [0.1, 0.15) is 33.1 Å². The third kappa shape index (κ3) is 4.41. The van der Waals surface area contributed by atoms with Crippen molar-refractivity contribution in [2.75, 3.05) is 32.1 Å². The van der Waals surface area contributed by atoms with Gasteiger partial charge in [-0.2, -0.15) is 0 Å². The molecule has 0 bridgehead atoms. The molecule has 1 aromatic rings. The van der Waals surface area contributed by atoms with Crippen molar-refractivity contribution in [3.63, 3.8) is 0 Å². The molecule has 1 unspecified atom stereocenters. The Bertz CT molecular complexity index is 406. The number of benzene rings is 1. The van der Waals surface area contributed by atoms with Gasteiger partial charge in [-0.05, 0) is 44.5 Å². The summed E-state index contributed by atoms with van der Waals surface area (Å²) in [5.41, 5.74) is 1.12. The molecule has 1 aromatic carbocycles. The molecule has 1 N–H and O–H groups in total. The number of rotatable bonds is 6. The summed E-state index contributed by atoms with van der Waals surface area (Å²) < 4.78 is 5.89. The fourth-order valence-electron chi connectivity index (χ4n) is 2.62. The van der Waals surface area contributed by atoms with Crippen molar-refractivity contribution in [1.82, 2.24) is 4.90 Å². The molecule has 1 aliphatic rings. The summed E-state index contributed by atoms with van der Waals surface area (Å²) in [5, 5.41) is 3.57. The molecule has 0 aromatic heterocycles. The van der Waals surface area contributed by atoms with E-state index >= 15 is 0 Å². The average molecular weight is 276 g/mol. The molecule has 0 saturated carbocycles. The summed E-state index contributed by atoms with van der Waals surface area (Å²) in [6, 6.07) is 8.90. The number of piperidine rings is 1. The van der Waals surface area contributed by atoms with E-state index in [1.165, 1.54) is 25.8 Å². The van der Waals surface area contributed by atoms with E-state index in [0.717, 1.165) is 24.6 Å². The van der Waals surface area contributed by atoms with Crippen LogP contribution in [0.15, 0.2) is 24.3 Å². The molecular formula is C17H28N2O. The van der Waals surface area contributed by atoms with Crippen LogP contribution in [0.25, 0.3) is 0 Å². The molecule has 3 heteroatoms. The molecule has 20 heavy (non-hydrogen) atoms. The van der Waals surface area contributed by atoms with Crippen LogP contribution in [0.4, 0.5) is 5.69 Å². The third-order valence-corrected chi connectivity index (χ3v) is 3.91. The van der Waals surface area contributed by atoms with Gasteiger partial charge in [-0.3, -0.25) is 0 Å². The second-order valence-corrected chi connectivity index (χ2v) is 6.21. The van der Waals surface area contributed by atoms with Gasteiger partial charge in [0.2, 0.25) is 0 Å². The fraction of sp³-hybridized carbons (Fsp3) is 0.647. The number of anilines is 1. The Hall–Kier alpha value is -1.22. The van der Waals surface area contributed by atoms with Crippen molar-refractivity contribution in [3.05, 3.63) is 24.3 Å². The monoisotopic (exact) mass is 276 g/mol. The molecule has 1 atom stereocenters. The second-order valence-electron chi connectivity index (χ2n) is 6.21. The first-order valence-electron chi connectivity index (χ1n) is 7.82. The van der Waals surface area contributed by atoms with Gasteiger partial charge in [0.25, 0.3) is 0 Å². The van der Waals surface area contributed by atoms with Crippen molar-refractivity contribution in [2.45, 2.75) is 39.2 Å². The smallest absolute Gasteiger partial charge is 0.142 e. The zero-order valence-corrected chi connectivity index (χ0v) is 13.1. The number of nitrogens with zero attached hydrogens (tertiary/aromatic N) is 1. The van der Waals surface area contributed by atoms with Gasteiger partial charge in [0, 0.05) is 12.6 Å². The van der Waals surface area contributed by atoms with Gasteiger partial charge in [-0.15, -0.1) is 0 Å². The molecular weight excluding hydrogens is 248 g/mol. The summed E-state index contributed by atoms with van der Waals surface area (Å²) in [5.74, 6) is 1.52. The maximum Gasteiger partial charge on any atom is 0.142 e. The zero-order chi connectivity index (χ0) is 14.4. The maximum absolute atomic E-state index is 5.89. The highest BCUT2D eigenvalue weighted by Gasteiger charge is 2.18. The fourth-order valence-corrected chi connectivity index (χ4v) is 2.62. The van der Waals surface area contributed by atoms with Crippen LogP contribution in [0, 0.1) is 5.92 Å². The Labute approximate surface area is 123 Å². The predicted octanol–water partition coefficient (Wildman–Crippen LogP) is 3.62. The minimum atomic E-state index is 0.549. The number of likely N-dealkylation sites (tertiary alicyclic amines) is 1. The van der Waals surface area contributed by atoms with E-state index in [-0.39, 0.29) is 0 Å². The Morgan fingerprint density at radius 2 is 2.10 bits per heavy atom. The molecule has 1 aliphatic heterocycles. The lowest BCUT2D eigenvalue weighted by Gasteiger charge is -2.32. The zero-order valence-electron chi connectivity index (χ0n) is 13.1. The van der Waals surface area contributed by atoms with E-state index in [2.05, 4.69) is 49.3 Å². The molecule has 0 aliphatic carbocycles. The number of hydrogen-bond donors (Lipinski definition) is 1. The van der Waals surface area contributed by atoms with Crippen molar-refractivity contribution in [1.29, 1.82) is 0 Å². The normalized spacial score (nSPS) is 20.1. The van der Waals surface area contributed by atoms with Crippen LogP contribution in [-0.4, -0.2) is 37.7 Å². The number of ether oxygens (including phenoxy) is 1. The van der Waals surface area contributed by atoms with E-state index in [4.69, 9.17) is 4.74 Å². The number of hydrogen-bond acceptors (Lipinski definition) is 3. The molecule has 1 fully saturated rings. The SMILES string of the molecule is CC(C)COc1ccccc1NCC1CCCCN1C. The van der Waals surface area contributed by atoms with Crippen LogP contribution >= 0.6 is 0 Å². The predicted molar refractivity (Wildman–Crippen MR) is 85.5 cm³/mol. The first kappa shape index (κ1) is 15.2. The lowest BCUT2D eigenvalue weighted by Crippen LogP contribution is -2.40. The van der Waals surface area contributed by atoms with Gasteiger partial charge in [-0.25, -0.2) is 0 Å². The van der Waals surface area contributed by atoms with E-state index in [1.807, 2.05) is 6.07 Å². The number of para-hydroxylation sites is 2. The molecule has 1 saturated heterocycles.